The van der Waals surface area contributed by atoms with Gasteiger partial charge in [0, 0.05) is 12.6 Å². The summed E-state index contributed by atoms with van der Waals surface area (Å²) in [4.78, 5) is 2.32. The van der Waals surface area contributed by atoms with Crippen LogP contribution in [0.4, 0.5) is 0 Å². The molecule has 0 heterocycles. The molecule has 0 saturated heterocycles. The van der Waals surface area contributed by atoms with Crippen LogP contribution in [0.1, 0.15) is 26.7 Å². The van der Waals surface area contributed by atoms with Gasteiger partial charge >= 0.3 is 0 Å². The predicted octanol–water partition coefficient (Wildman–Crippen LogP) is 1.57. The van der Waals surface area contributed by atoms with E-state index in [9.17, 15) is 0 Å². The van der Waals surface area contributed by atoms with Crippen molar-refractivity contribution in [3.8, 4) is 0 Å². The number of nitrogens with zero attached hydrogens (tertiary/aromatic N) is 1. The highest BCUT2D eigenvalue weighted by Crippen LogP contribution is 2.27. The van der Waals surface area contributed by atoms with Crippen molar-refractivity contribution >= 4 is 0 Å². The van der Waals surface area contributed by atoms with E-state index in [1.807, 2.05) is 0 Å². The Labute approximate surface area is 82.7 Å². The highest BCUT2D eigenvalue weighted by Gasteiger charge is 2.21. The Morgan fingerprint density at radius 1 is 1.31 bits per heavy atom. The zero-order valence-electron chi connectivity index (χ0n) is 9.51. The van der Waals surface area contributed by atoms with E-state index in [0.717, 1.165) is 18.4 Å². The van der Waals surface area contributed by atoms with E-state index in [4.69, 9.17) is 0 Å². The van der Waals surface area contributed by atoms with Gasteiger partial charge in [-0.15, -0.1) is 0 Å². The van der Waals surface area contributed by atoms with E-state index in [1.54, 1.807) is 0 Å². The fourth-order valence-corrected chi connectivity index (χ4v) is 1.77. The zero-order chi connectivity index (χ0) is 9.84. The first-order valence-corrected chi connectivity index (χ1v) is 5.48. The maximum absolute atomic E-state index is 3.57. The van der Waals surface area contributed by atoms with Crippen molar-refractivity contribution < 1.29 is 0 Å². The van der Waals surface area contributed by atoms with E-state index in [1.165, 1.54) is 19.4 Å². The van der Waals surface area contributed by atoms with Crippen LogP contribution in [0.3, 0.4) is 0 Å². The van der Waals surface area contributed by atoms with Crippen LogP contribution >= 0.6 is 0 Å². The topological polar surface area (TPSA) is 15.3 Å². The second kappa shape index (κ2) is 4.97. The van der Waals surface area contributed by atoms with Crippen molar-refractivity contribution in [1.82, 2.24) is 10.2 Å². The Bertz CT molecular complexity index is 131. The first-order chi connectivity index (χ1) is 6.11. The Hall–Kier alpha value is -0.0800. The second-order valence-corrected chi connectivity index (χ2v) is 4.88. The van der Waals surface area contributed by atoms with E-state index >= 15 is 0 Å². The molecule has 13 heavy (non-hydrogen) atoms. The maximum atomic E-state index is 3.57. The number of nitrogens with one attached hydrogen (secondary N) is 1. The molecule has 1 aliphatic carbocycles. The monoisotopic (exact) mass is 184 g/mol. The van der Waals surface area contributed by atoms with Gasteiger partial charge < -0.3 is 10.2 Å². The molecule has 0 radical (unpaired) electrons. The van der Waals surface area contributed by atoms with Crippen molar-refractivity contribution in [1.29, 1.82) is 0 Å². The molecule has 0 spiro atoms. The summed E-state index contributed by atoms with van der Waals surface area (Å²) in [6.45, 7) is 6.96. The molecule has 1 N–H and O–H groups in total. The van der Waals surface area contributed by atoms with Gasteiger partial charge in [-0.25, -0.2) is 0 Å². The van der Waals surface area contributed by atoms with Gasteiger partial charge in [0.1, 0.15) is 0 Å². The minimum atomic E-state index is 0.679. The van der Waals surface area contributed by atoms with Crippen molar-refractivity contribution in [2.24, 2.45) is 11.8 Å². The van der Waals surface area contributed by atoms with E-state index in [-0.39, 0.29) is 0 Å². The summed E-state index contributed by atoms with van der Waals surface area (Å²) in [5.41, 5.74) is 0. The molecule has 2 nitrogen and oxygen atoms in total. The largest absolute Gasteiger partial charge is 0.315 e. The van der Waals surface area contributed by atoms with E-state index in [2.05, 4.69) is 38.2 Å². The lowest BCUT2D eigenvalue weighted by molar-refractivity contribution is 0.224. The first kappa shape index (κ1) is 11.0. The highest BCUT2D eigenvalue weighted by atomic mass is 15.1. The summed E-state index contributed by atoms with van der Waals surface area (Å²) in [6.07, 6.45) is 2.89. The number of hydrogen-bond acceptors (Lipinski definition) is 2. The molecule has 2 heteroatoms. The number of likely N-dealkylation sites (N-methyl/N-ethyl adjacent to an activating group) is 1. The zero-order valence-corrected chi connectivity index (χ0v) is 9.51. The number of hydrogen-bond donors (Lipinski definition) is 1. The quantitative estimate of drug-likeness (QED) is 0.674. The summed E-state index contributed by atoms with van der Waals surface area (Å²) >= 11 is 0. The third-order valence-electron chi connectivity index (χ3n) is 2.92. The van der Waals surface area contributed by atoms with Gasteiger partial charge in [-0.2, -0.15) is 0 Å². The molecule has 1 unspecified atom stereocenters. The molecule has 1 atom stereocenters. The smallest absolute Gasteiger partial charge is 0.0237 e. The molecule has 0 aromatic heterocycles. The molecular formula is C11H24N2. The van der Waals surface area contributed by atoms with E-state index in [0.29, 0.717) is 6.04 Å². The van der Waals surface area contributed by atoms with Crippen LogP contribution in [0.2, 0.25) is 0 Å². The molecule has 1 saturated carbocycles. The van der Waals surface area contributed by atoms with Gasteiger partial charge in [0.2, 0.25) is 0 Å². The van der Waals surface area contributed by atoms with Crippen molar-refractivity contribution in [2.45, 2.75) is 32.7 Å². The highest BCUT2D eigenvalue weighted by molar-refractivity contribution is 4.78. The normalized spacial score (nSPS) is 19.8. The lowest BCUT2D eigenvalue weighted by Crippen LogP contribution is -2.42. The Morgan fingerprint density at radius 3 is 2.31 bits per heavy atom. The van der Waals surface area contributed by atoms with Crippen molar-refractivity contribution in [3.63, 3.8) is 0 Å². The average molecular weight is 184 g/mol. The van der Waals surface area contributed by atoms with Crippen molar-refractivity contribution in [2.75, 3.05) is 27.2 Å². The summed E-state index contributed by atoms with van der Waals surface area (Å²) in [5.74, 6) is 1.73. The van der Waals surface area contributed by atoms with Gasteiger partial charge in [0.15, 0.2) is 0 Å². The summed E-state index contributed by atoms with van der Waals surface area (Å²) < 4.78 is 0. The first-order valence-electron chi connectivity index (χ1n) is 5.48. The van der Waals surface area contributed by atoms with Crippen LogP contribution in [-0.2, 0) is 0 Å². The summed E-state index contributed by atoms with van der Waals surface area (Å²) in [5, 5.41) is 3.57. The van der Waals surface area contributed by atoms with Gasteiger partial charge in [-0.05, 0) is 45.3 Å². The van der Waals surface area contributed by atoms with Crippen LogP contribution in [0.5, 0.6) is 0 Å². The number of rotatable bonds is 6. The molecule has 0 bridgehead atoms. The SMILES string of the molecule is CC(C)C(CNCC1CC1)N(C)C. The van der Waals surface area contributed by atoms with Gasteiger partial charge in [0.25, 0.3) is 0 Å². The fourth-order valence-electron chi connectivity index (χ4n) is 1.77. The second-order valence-electron chi connectivity index (χ2n) is 4.88. The van der Waals surface area contributed by atoms with Crippen LogP contribution < -0.4 is 5.32 Å². The van der Waals surface area contributed by atoms with Gasteiger partial charge in [0.05, 0.1) is 0 Å². The lowest BCUT2D eigenvalue weighted by atomic mass is 10.0. The fraction of sp³-hybridized carbons (Fsp3) is 1.00. The Balaban J connectivity index is 2.12. The third-order valence-corrected chi connectivity index (χ3v) is 2.92. The molecule has 0 aromatic rings. The standard InChI is InChI=1S/C11H24N2/c1-9(2)11(13(3)4)8-12-7-10-5-6-10/h9-12H,5-8H2,1-4H3. The molecule has 0 amide bonds. The summed E-state index contributed by atoms with van der Waals surface area (Å²) in [6, 6.07) is 0.679. The minimum absolute atomic E-state index is 0.679. The van der Waals surface area contributed by atoms with Gasteiger partial charge in [-0.3, -0.25) is 0 Å². The Kier molecular flexibility index (Phi) is 4.20. The van der Waals surface area contributed by atoms with E-state index < -0.39 is 0 Å². The van der Waals surface area contributed by atoms with Crippen LogP contribution in [-0.4, -0.2) is 38.1 Å². The molecular weight excluding hydrogens is 160 g/mol. The van der Waals surface area contributed by atoms with Gasteiger partial charge in [-0.1, -0.05) is 13.8 Å². The molecule has 78 valence electrons. The Morgan fingerprint density at radius 2 is 1.92 bits per heavy atom. The molecule has 0 aliphatic heterocycles. The minimum Gasteiger partial charge on any atom is -0.315 e. The molecule has 1 rings (SSSR count). The molecule has 0 aromatic carbocycles. The van der Waals surface area contributed by atoms with Crippen LogP contribution in [0, 0.1) is 11.8 Å². The summed E-state index contributed by atoms with van der Waals surface area (Å²) in [7, 11) is 4.34. The van der Waals surface area contributed by atoms with Crippen molar-refractivity contribution in [3.05, 3.63) is 0 Å². The molecule has 1 fully saturated rings. The predicted molar refractivity (Wildman–Crippen MR) is 57.9 cm³/mol. The average Bonchev–Trinajstić information content (AvgIpc) is 2.79. The maximum Gasteiger partial charge on any atom is 0.0237 e. The van der Waals surface area contributed by atoms with Crippen LogP contribution in [0.15, 0.2) is 0 Å². The van der Waals surface area contributed by atoms with Crippen LogP contribution in [0.25, 0.3) is 0 Å². The third kappa shape index (κ3) is 4.10. The lowest BCUT2D eigenvalue weighted by Gasteiger charge is -2.28. The molecule has 1 aliphatic rings.